The highest BCUT2D eigenvalue weighted by Gasteiger charge is 2.19. The number of rotatable bonds is 7. The molecule has 4 nitrogen and oxygen atoms in total. The zero-order chi connectivity index (χ0) is 13.5. The summed E-state index contributed by atoms with van der Waals surface area (Å²) in [5.74, 6) is -0.732. The molecule has 0 fully saturated rings. The number of unbranched alkanes of at least 4 members (excludes halogenated alkanes) is 1. The summed E-state index contributed by atoms with van der Waals surface area (Å²) in [5.41, 5.74) is 0.424. The second-order valence-electron chi connectivity index (χ2n) is 3.89. The number of carbonyl (C=O) groups is 2. The molecule has 0 aliphatic heterocycles. The van der Waals surface area contributed by atoms with Gasteiger partial charge in [-0.05, 0) is 31.0 Å². The van der Waals surface area contributed by atoms with Crippen LogP contribution >= 0.6 is 11.6 Å². The second-order valence-corrected chi connectivity index (χ2v) is 4.30. The number of hydrogen-bond donors (Lipinski definition) is 1. The Balaban J connectivity index is 2.80. The van der Waals surface area contributed by atoms with Crippen LogP contribution in [0.5, 0.6) is 5.75 Å². The summed E-state index contributed by atoms with van der Waals surface area (Å²) in [6.07, 6.45) is 1.84. The highest BCUT2D eigenvalue weighted by molar-refractivity contribution is 6.32. The van der Waals surface area contributed by atoms with E-state index in [2.05, 4.69) is 0 Å². The minimum atomic E-state index is -1.01. The van der Waals surface area contributed by atoms with E-state index in [1.807, 2.05) is 6.92 Å². The lowest BCUT2D eigenvalue weighted by atomic mass is 10.1. The first kappa shape index (κ1) is 14.5. The molecule has 18 heavy (non-hydrogen) atoms. The number of carbonyl (C=O) groups excluding carboxylic acids is 1. The molecule has 1 atom stereocenters. The van der Waals surface area contributed by atoms with Gasteiger partial charge in [-0.2, -0.15) is 0 Å². The number of aliphatic carboxylic acids is 1. The van der Waals surface area contributed by atoms with Crippen molar-refractivity contribution in [1.29, 1.82) is 0 Å². The predicted molar refractivity (Wildman–Crippen MR) is 68.4 cm³/mol. The lowest BCUT2D eigenvalue weighted by Gasteiger charge is -2.15. The fraction of sp³-hybridized carbons (Fsp3) is 0.385. The quantitative estimate of drug-likeness (QED) is 0.773. The minimum Gasteiger partial charge on any atom is -0.479 e. The SMILES string of the molecule is CCCCC(Oc1ccc(C=O)cc1Cl)C(=O)O. The average molecular weight is 271 g/mol. The lowest BCUT2D eigenvalue weighted by molar-refractivity contribution is -0.145. The smallest absolute Gasteiger partial charge is 0.344 e. The Labute approximate surface area is 111 Å². The van der Waals surface area contributed by atoms with Crippen LogP contribution in [0.3, 0.4) is 0 Å². The van der Waals surface area contributed by atoms with Crippen LogP contribution in [-0.2, 0) is 4.79 Å². The van der Waals surface area contributed by atoms with Gasteiger partial charge in [0.2, 0.25) is 0 Å². The third-order valence-electron chi connectivity index (χ3n) is 2.46. The number of hydrogen-bond acceptors (Lipinski definition) is 3. The molecule has 1 aromatic carbocycles. The van der Waals surface area contributed by atoms with Crippen molar-refractivity contribution in [2.45, 2.75) is 32.3 Å². The first-order chi connectivity index (χ1) is 8.58. The van der Waals surface area contributed by atoms with Crippen LogP contribution in [0.2, 0.25) is 5.02 Å². The zero-order valence-electron chi connectivity index (χ0n) is 10.1. The molecule has 1 unspecified atom stereocenters. The molecule has 0 spiro atoms. The normalized spacial score (nSPS) is 11.9. The Hall–Kier alpha value is -1.55. The second kappa shape index (κ2) is 7.01. The van der Waals surface area contributed by atoms with Gasteiger partial charge in [-0.15, -0.1) is 0 Å². The third kappa shape index (κ3) is 4.04. The molecule has 1 rings (SSSR count). The molecule has 5 heteroatoms. The van der Waals surface area contributed by atoms with Crippen LogP contribution in [-0.4, -0.2) is 23.5 Å². The van der Waals surface area contributed by atoms with Gasteiger partial charge in [0, 0.05) is 5.56 Å². The average Bonchev–Trinajstić information content (AvgIpc) is 2.35. The van der Waals surface area contributed by atoms with E-state index in [0.29, 0.717) is 18.3 Å². The molecule has 0 aliphatic carbocycles. The summed E-state index contributed by atoms with van der Waals surface area (Å²) in [6.45, 7) is 1.98. The Morgan fingerprint density at radius 3 is 2.78 bits per heavy atom. The maximum atomic E-state index is 11.0. The molecule has 0 aliphatic rings. The van der Waals surface area contributed by atoms with E-state index in [-0.39, 0.29) is 10.8 Å². The maximum absolute atomic E-state index is 11.0. The molecule has 0 saturated heterocycles. The molecule has 1 N–H and O–H groups in total. The van der Waals surface area contributed by atoms with E-state index in [1.165, 1.54) is 18.2 Å². The van der Waals surface area contributed by atoms with Gasteiger partial charge in [0.1, 0.15) is 12.0 Å². The predicted octanol–water partition coefficient (Wildman–Crippen LogP) is 3.17. The van der Waals surface area contributed by atoms with Crippen molar-refractivity contribution in [2.75, 3.05) is 0 Å². The largest absolute Gasteiger partial charge is 0.479 e. The zero-order valence-corrected chi connectivity index (χ0v) is 10.8. The monoisotopic (exact) mass is 270 g/mol. The summed E-state index contributed by atoms with van der Waals surface area (Å²) < 4.78 is 5.36. The minimum absolute atomic E-state index is 0.238. The van der Waals surface area contributed by atoms with Crippen molar-refractivity contribution >= 4 is 23.9 Å². The molecule has 1 aromatic rings. The van der Waals surface area contributed by atoms with Crippen LogP contribution in [0.25, 0.3) is 0 Å². The summed E-state index contributed by atoms with van der Waals surface area (Å²) in [7, 11) is 0. The summed E-state index contributed by atoms with van der Waals surface area (Å²) in [4.78, 5) is 21.6. The first-order valence-electron chi connectivity index (χ1n) is 5.72. The van der Waals surface area contributed by atoms with Gasteiger partial charge in [-0.25, -0.2) is 4.79 Å². The highest BCUT2D eigenvalue weighted by atomic mass is 35.5. The molecular formula is C13H15ClO4. The van der Waals surface area contributed by atoms with Crippen molar-refractivity contribution in [3.05, 3.63) is 28.8 Å². The van der Waals surface area contributed by atoms with Crippen molar-refractivity contribution in [3.63, 3.8) is 0 Å². The molecule has 0 saturated carbocycles. The van der Waals surface area contributed by atoms with E-state index < -0.39 is 12.1 Å². The number of benzene rings is 1. The van der Waals surface area contributed by atoms with Gasteiger partial charge >= 0.3 is 5.97 Å². The standard InChI is InChI=1S/C13H15ClO4/c1-2-3-4-12(13(16)17)18-11-6-5-9(8-15)7-10(11)14/h5-8,12H,2-4H2,1H3,(H,16,17). The number of carboxylic acids is 1. The molecule has 0 aromatic heterocycles. The van der Waals surface area contributed by atoms with Crippen LogP contribution in [0.15, 0.2) is 18.2 Å². The molecule has 0 bridgehead atoms. The summed E-state index contributed by atoms with van der Waals surface area (Å²) in [5, 5.41) is 9.27. The first-order valence-corrected chi connectivity index (χ1v) is 6.10. The fourth-order valence-corrected chi connectivity index (χ4v) is 1.70. The van der Waals surface area contributed by atoms with Gasteiger partial charge in [0.25, 0.3) is 0 Å². The van der Waals surface area contributed by atoms with Crippen molar-refractivity contribution < 1.29 is 19.4 Å². The summed E-state index contributed by atoms with van der Waals surface area (Å²) >= 11 is 5.91. The number of ether oxygens (including phenoxy) is 1. The van der Waals surface area contributed by atoms with Gasteiger partial charge < -0.3 is 9.84 Å². The maximum Gasteiger partial charge on any atom is 0.344 e. The fourth-order valence-electron chi connectivity index (χ4n) is 1.46. The molecule has 0 heterocycles. The number of carboxylic acid groups (broad SMARTS) is 1. The van der Waals surface area contributed by atoms with E-state index in [0.717, 1.165) is 12.8 Å². The highest BCUT2D eigenvalue weighted by Crippen LogP contribution is 2.26. The Morgan fingerprint density at radius 2 is 2.28 bits per heavy atom. The Bertz CT molecular complexity index is 431. The topological polar surface area (TPSA) is 63.6 Å². The van der Waals surface area contributed by atoms with Gasteiger partial charge in [0.15, 0.2) is 6.10 Å². The lowest BCUT2D eigenvalue weighted by Crippen LogP contribution is -2.27. The Morgan fingerprint density at radius 1 is 1.56 bits per heavy atom. The van der Waals surface area contributed by atoms with Crippen molar-refractivity contribution in [3.8, 4) is 5.75 Å². The molecule has 0 radical (unpaired) electrons. The molecule has 98 valence electrons. The van der Waals surface area contributed by atoms with Crippen LogP contribution in [0.4, 0.5) is 0 Å². The van der Waals surface area contributed by atoms with E-state index in [4.69, 9.17) is 21.4 Å². The number of aldehydes is 1. The van der Waals surface area contributed by atoms with Crippen LogP contribution in [0, 0.1) is 0 Å². The molecule has 0 amide bonds. The van der Waals surface area contributed by atoms with E-state index in [1.54, 1.807) is 0 Å². The van der Waals surface area contributed by atoms with E-state index >= 15 is 0 Å². The third-order valence-corrected chi connectivity index (χ3v) is 2.75. The Kier molecular flexibility index (Phi) is 5.65. The molecular weight excluding hydrogens is 256 g/mol. The number of halogens is 1. The van der Waals surface area contributed by atoms with Crippen molar-refractivity contribution in [2.24, 2.45) is 0 Å². The van der Waals surface area contributed by atoms with Gasteiger partial charge in [-0.1, -0.05) is 24.9 Å². The van der Waals surface area contributed by atoms with Crippen molar-refractivity contribution in [1.82, 2.24) is 0 Å². The van der Waals surface area contributed by atoms with Crippen LogP contribution < -0.4 is 4.74 Å². The van der Waals surface area contributed by atoms with Gasteiger partial charge in [-0.3, -0.25) is 4.79 Å². The summed E-state index contributed by atoms with van der Waals surface area (Å²) in [6, 6.07) is 4.49. The van der Waals surface area contributed by atoms with Gasteiger partial charge in [0.05, 0.1) is 5.02 Å². The van der Waals surface area contributed by atoms with Crippen LogP contribution in [0.1, 0.15) is 36.5 Å². The van der Waals surface area contributed by atoms with E-state index in [9.17, 15) is 9.59 Å².